The zero-order valence-corrected chi connectivity index (χ0v) is 15.1. The topological polar surface area (TPSA) is 84.9 Å². The third-order valence-electron chi connectivity index (χ3n) is 4.15. The highest BCUT2D eigenvalue weighted by atomic mass is 16.5. The van der Waals surface area contributed by atoms with E-state index in [0.717, 1.165) is 5.56 Å². The number of aliphatic carboxylic acids is 1. The Morgan fingerprint density at radius 1 is 1.12 bits per heavy atom. The number of ether oxygens (including phenoxy) is 2. The number of hydrogen-bond acceptors (Lipinski definition) is 4. The molecule has 0 saturated heterocycles. The third kappa shape index (κ3) is 4.99. The van der Waals surface area contributed by atoms with E-state index in [-0.39, 0.29) is 12.3 Å². The number of nitrogens with one attached hydrogen (secondary N) is 1. The minimum atomic E-state index is -0.904. The number of benzene rings is 2. The number of hydrogen-bond donors (Lipinski definition) is 2. The predicted molar refractivity (Wildman–Crippen MR) is 99.0 cm³/mol. The first-order valence-electron chi connectivity index (χ1n) is 8.28. The Morgan fingerprint density at radius 3 is 2.54 bits per heavy atom. The Morgan fingerprint density at radius 2 is 1.88 bits per heavy atom. The maximum absolute atomic E-state index is 12.3. The van der Waals surface area contributed by atoms with Crippen LogP contribution in [0, 0.1) is 0 Å². The number of anilines is 1. The lowest BCUT2D eigenvalue weighted by Gasteiger charge is -2.12. The van der Waals surface area contributed by atoms with Gasteiger partial charge < -0.3 is 19.9 Å². The average Bonchev–Trinajstić information content (AvgIpc) is 2.65. The summed E-state index contributed by atoms with van der Waals surface area (Å²) in [5.41, 5.74) is 2.11. The minimum Gasteiger partial charge on any atom is -0.497 e. The second kappa shape index (κ2) is 8.89. The van der Waals surface area contributed by atoms with Gasteiger partial charge in [0.2, 0.25) is 5.91 Å². The summed E-state index contributed by atoms with van der Waals surface area (Å²) in [4.78, 5) is 23.4. The maximum Gasteiger partial charge on any atom is 0.310 e. The molecule has 0 aromatic heterocycles. The van der Waals surface area contributed by atoms with Crippen molar-refractivity contribution >= 4 is 17.6 Å². The molecule has 2 N–H and O–H groups in total. The van der Waals surface area contributed by atoms with E-state index in [2.05, 4.69) is 5.32 Å². The van der Waals surface area contributed by atoms with Gasteiger partial charge in [-0.3, -0.25) is 9.59 Å². The van der Waals surface area contributed by atoms with Gasteiger partial charge in [0.05, 0.1) is 20.1 Å². The lowest BCUT2D eigenvalue weighted by molar-refractivity contribution is -0.138. The van der Waals surface area contributed by atoms with Crippen molar-refractivity contribution in [1.82, 2.24) is 0 Å². The van der Waals surface area contributed by atoms with Gasteiger partial charge in [-0.1, -0.05) is 12.1 Å². The summed E-state index contributed by atoms with van der Waals surface area (Å²) in [5, 5.41) is 11.9. The fraction of sp³-hybridized carbons (Fsp3) is 0.300. The summed E-state index contributed by atoms with van der Waals surface area (Å²) in [6.07, 6.45) is 0.764. The van der Waals surface area contributed by atoms with Gasteiger partial charge in [-0.25, -0.2) is 0 Å². The van der Waals surface area contributed by atoms with E-state index >= 15 is 0 Å². The molecule has 1 amide bonds. The molecule has 6 nitrogen and oxygen atoms in total. The monoisotopic (exact) mass is 357 g/mol. The molecule has 2 rings (SSSR count). The first-order valence-corrected chi connectivity index (χ1v) is 8.28. The van der Waals surface area contributed by atoms with Crippen LogP contribution in [-0.2, 0) is 16.0 Å². The Bertz CT molecular complexity index is 788. The molecule has 0 radical (unpaired) electrons. The van der Waals surface area contributed by atoms with Gasteiger partial charge in [0.25, 0.3) is 0 Å². The highest BCUT2D eigenvalue weighted by molar-refractivity contribution is 5.91. The van der Waals surface area contributed by atoms with Gasteiger partial charge in [0.15, 0.2) is 0 Å². The number of methoxy groups -OCH3 is 2. The number of carboxylic acids is 1. The lowest BCUT2D eigenvalue weighted by atomic mass is 10.0. The van der Waals surface area contributed by atoms with Crippen molar-refractivity contribution in [2.75, 3.05) is 19.5 Å². The number of carbonyl (C=O) groups excluding carboxylic acids is 1. The molecule has 0 aliphatic heterocycles. The molecule has 0 saturated carbocycles. The van der Waals surface area contributed by atoms with Crippen LogP contribution in [0.25, 0.3) is 0 Å². The van der Waals surface area contributed by atoms with Crippen LogP contribution in [0.5, 0.6) is 11.5 Å². The fourth-order valence-corrected chi connectivity index (χ4v) is 2.58. The van der Waals surface area contributed by atoms with Gasteiger partial charge >= 0.3 is 5.97 Å². The second-order valence-corrected chi connectivity index (χ2v) is 5.91. The Hall–Kier alpha value is -3.02. The molecule has 0 bridgehead atoms. The van der Waals surface area contributed by atoms with Crippen molar-refractivity contribution in [2.45, 2.75) is 25.7 Å². The quantitative estimate of drug-likeness (QED) is 0.756. The van der Waals surface area contributed by atoms with E-state index in [1.807, 2.05) is 12.1 Å². The Labute approximate surface area is 152 Å². The smallest absolute Gasteiger partial charge is 0.310 e. The van der Waals surface area contributed by atoms with Crippen molar-refractivity contribution in [3.05, 3.63) is 53.6 Å². The summed E-state index contributed by atoms with van der Waals surface area (Å²) in [5.74, 6) is -0.283. The highest BCUT2D eigenvalue weighted by Gasteiger charge is 2.14. The summed E-state index contributed by atoms with van der Waals surface area (Å²) in [6.45, 7) is 1.61. The molecule has 1 atom stereocenters. The molecular formula is C20H23NO5. The van der Waals surface area contributed by atoms with Gasteiger partial charge in [-0.05, 0) is 54.8 Å². The van der Waals surface area contributed by atoms with Crippen molar-refractivity contribution in [3.63, 3.8) is 0 Å². The largest absolute Gasteiger partial charge is 0.497 e. The molecule has 2 aromatic carbocycles. The minimum absolute atomic E-state index is 0.157. The molecular weight excluding hydrogens is 334 g/mol. The van der Waals surface area contributed by atoms with Gasteiger partial charge in [0.1, 0.15) is 11.5 Å². The molecule has 138 valence electrons. The first kappa shape index (κ1) is 19.3. The van der Waals surface area contributed by atoms with Crippen LogP contribution in [0.1, 0.15) is 30.4 Å². The molecule has 2 aromatic rings. The zero-order chi connectivity index (χ0) is 19.1. The van der Waals surface area contributed by atoms with Crippen molar-refractivity contribution in [1.29, 1.82) is 0 Å². The van der Waals surface area contributed by atoms with Gasteiger partial charge in [0, 0.05) is 12.1 Å². The number of carbonyl (C=O) groups is 2. The van der Waals surface area contributed by atoms with Crippen LogP contribution >= 0.6 is 0 Å². The van der Waals surface area contributed by atoms with E-state index < -0.39 is 11.9 Å². The zero-order valence-electron chi connectivity index (χ0n) is 15.1. The Balaban J connectivity index is 2.01. The van der Waals surface area contributed by atoms with Crippen LogP contribution in [-0.4, -0.2) is 31.2 Å². The van der Waals surface area contributed by atoms with E-state index in [4.69, 9.17) is 14.6 Å². The SMILES string of the molecule is COc1ccc(OC)c(CCC(=O)Nc2cccc(C(C)C(=O)O)c2)c1. The molecule has 0 heterocycles. The van der Waals surface area contributed by atoms with E-state index in [0.29, 0.717) is 29.2 Å². The standard InChI is InChI=1S/C20H23NO5/c1-13(20(23)24)14-5-4-6-16(11-14)21-19(22)10-7-15-12-17(25-2)8-9-18(15)26-3/h4-6,8-9,11-13H,7,10H2,1-3H3,(H,21,22)(H,23,24). The van der Waals surface area contributed by atoms with Crippen LogP contribution in [0.4, 0.5) is 5.69 Å². The second-order valence-electron chi connectivity index (χ2n) is 5.91. The normalized spacial score (nSPS) is 11.5. The third-order valence-corrected chi connectivity index (χ3v) is 4.15. The molecule has 0 spiro atoms. The van der Waals surface area contributed by atoms with Crippen molar-refractivity contribution in [3.8, 4) is 11.5 Å². The van der Waals surface area contributed by atoms with Gasteiger partial charge in [-0.15, -0.1) is 0 Å². The summed E-state index contributed by atoms with van der Waals surface area (Å²) >= 11 is 0. The number of aryl methyl sites for hydroxylation is 1. The highest BCUT2D eigenvalue weighted by Crippen LogP contribution is 2.25. The summed E-state index contributed by atoms with van der Waals surface area (Å²) in [7, 11) is 3.17. The number of rotatable bonds is 8. The average molecular weight is 357 g/mol. The maximum atomic E-state index is 12.3. The summed E-state index contributed by atoms with van der Waals surface area (Å²) in [6, 6.07) is 12.3. The van der Waals surface area contributed by atoms with Crippen molar-refractivity contribution in [2.24, 2.45) is 0 Å². The Kier molecular flexibility index (Phi) is 6.60. The lowest BCUT2D eigenvalue weighted by Crippen LogP contribution is -2.13. The van der Waals surface area contributed by atoms with E-state index in [1.165, 1.54) is 0 Å². The van der Waals surface area contributed by atoms with E-state index in [1.54, 1.807) is 51.5 Å². The summed E-state index contributed by atoms with van der Waals surface area (Å²) < 4.78 is 10.5. The van der Waals surface area contributed by atoms with Gasteiger partial charge in [-0.2, -0.15) is 0 Å². The molecule has 0 aliphatic carbocycles. The number of carboxylic acid groups (broad SMARTS) is 1. The fourth-order valence-electron chi connectivity index (χ4n) is 2.58. The van der Waals surface area contributed by atoms with Crippen LogP contribution < -0.4 is 14.8 Å². The molecule has 26 heavy (non-hydrogen) atoms. The van der Waals surface area contributed by atoms with E-state index in [9.17, 15) is 9.59 Å². The van der Waals surface area contributed by atoms with Crippen LogP contribution in [0.2, 0.25) is 0 Å². The van der Waals surface area contributed by atoms with Crippen LogP contribution in [0.3, 0.4) is 0 Å². The molecule has 0 fully saturated rings. The van der Waals surface area contributed by atoms with Crippen molar-refractivity contribution < 1.29 is 24.2 Å². The first-order chi connectivity index (χ1) is 12.4. The number of amides is 1. The molecule has 1 unspecified atom stereocenters. The van der Waals surface area contributed by atoms with Crippen LogP contribution in [0.15, 0.2) is 42.5 Å². The molecule has 0 aliphatic rings. The predicted octanol–water partition coefficient (Wildman–Crippen LogP) is 3.46. The molecule has 6 heteroatoms.